The van der Waals surface area contributed by atoms with Crippen molar-refractivity contribution in [1.82, 2.24) is 4.90 Å². The van der Waals surface area contributed by atoms with Crippen LogP contribution in [0, 0.1) is 5.41 Å². The third-order valence-electron chi connectivity index (χ3n) is 2.77. The molecule has 14 heavy (non-hydrogen) atoms. The van der Waals surface area contributed by atoms with Gasteiger partial charge in [-0.25, -0.2) is 0 Å². The number of carboxylic acid groups (broad SMARTS) is 1. The van der Waals surface area contributed by atoms with E-state index in [9.17, 15) is 9.59 Å². The molecule has 0 bridgehead atoms. The first-order chi connectivity index (χ1) is 6.41. The van der Waals surface area contributed by atoms with Gasteiger partial charge in [-0.1, -0.05) is 13.8 Å². The fourth-order valence-corrected chi connectivity index (χ4v) is 1.60. The van der Waals surface area contributed by atoms with E-state index < -0.39 is 5.97 Å². The van der Waals surface area contributed by atoms with Gasteiger partial charge in [-0.2, -0.15) is 0 Å². The molecule has 0 unspecified atom stereocenters. The average Bonchev–Trinajstić information content (AvgIpc) is 2.02. The van der Waals surface area contributed by atoms with Crippen LogP contribution in [0.2, 0.25) is 0 Å². The molecule has 0 aliphatic carbocycles. The van der Waals surface area contributed by atoms with Crippen LogP contribution in [0.4, 0.5) is 0 Å². The molecule has 1 heterocycles. The van der Waals surface area contributed by atoms with Crippen molar-refractivity contribution in [3.8, 4) is 0 Å². The Kier molecular flexibility index (Phi) is 3.13. The van der Waals surface area contributed by atoms with Crippen molar-refractivity contribution in [2.75, 3.05) is 13.1 Å². The van der Waals surface area contributed by atoms with Crippen LogP contribution in [0.3, 0.4) is 0 Å². The number of hydrogen-bond acceptors (Lipinski definition) is 2. The van der Waals surface area contributed by atoms with Gasteiger partial charge in [0.15, 0.2) is 0 Å². The second-order valence-corrected chi connectivity index (χ2v) is 4.62. The molecule has 0 spiro atoms. The first kappa shape index (κ1) is 11.0. The molecule has 1 N–H and O–H groups in total. The van der Waals surface area contributed by atoms with Crippen LogP contribution in [-0.4, -0.2) is 35.0 Å². The van der Waals surface area contributed by atoms with E-state index >= 15 is 0 Å². The highest BCUT2D eigenvalue weighted by atomic mass is 16.4. The van der Waals surface area contributed by atoms with E-state index in [-0.39, 0.29) is 12.3 Å². The van der Waals surface area contributed by atoms with Gasteiger partial charge in [-0.15, -0.1) is 0 Å². The van der Waals surface area contributed by atoms with E-state index in [1.807, 2.05) is 0 Å². The van der Waals surface area contributed by atoms with E-state index in [1.54, 1.807) is 4.90 Å². The molecule has 80 valence electrons. The molecular formula is C10H17NO3. The molecule has 4 heteroatoms. The van der Waals surface area contributed by atoms with Crippen molar-refractivity contribution in [2.24, 2.45) is 5.41 Å². The molecular weight excluding hydrogens is 182 g/mol. The van der Waals surface area contributed by atoms with E-state index in [0.29, 0.717) is 18.5 Å². The van der Waals surface area contributed by atoms with Gasteiger partial charge in [-0.3, -0.25) is 9.59 Å². The number of aliphatic carboxylic acids is 1. The number of likely N-dealkylation sites (tertiary alicyclic amines) is 1. The molecule has 0 atom stereocenters. The average molecular weight is 199 g/mol. The zero-order chi connectivity index (χ0) is 10.8. The summed E-state index contributed by atoms with van der Waals surface area (Å²) < 4.78 is 0. The van der Waals surface area contributed by atoms with Gasteiger partial charge >= 0.3 is 5.97 Å². The Bertz CT molecular complexity index is 238. The van der Waals surface area contributed by atoms with E-state index in [2.05, 4.69) is 13.8 Å². The largest absolute Gasteiger partial charge is 0.481 e. The standard InChI is InChI=1S/C10H17NO3/c1-10(2)3-5-11(6-4-10)8(12)7-9(13)14/h3-7H2,1-2H3,(H,13,14). The van der Waals surface area contributed by atoms with Crippen LogP contribution in [0.25, 0.3) is 0 Å². The maximum Gasteiger partial charge on any atom is 0.312 e. The number of amides is 1. The minimum absolute atomic E-state index is 0.256. The van der Waals surface area contributed by atoms with Crippen LogP contribution in [0.5, 0.6) is 0 Å². The Morgan fingerprint density at radius 2 is 1.79 bits per heavy atom. The Labute approximate surface area is 83.9 Å². The highest BCUT2D eigenvalue weighted by molar-refractivity contribution is 5.93. The van der Waals surface area contributed by atoms with Crippen molar-refractivity contribution in [1.29, 1.82) is 0 Å². The van der Waals surface area contributed by atoms with Crippen molar-refractivity contribution in [2.45, 2.75) is 33.1 Å². The number of piperidine rings is 1. The molecule has 0 aromatic heterocycles. The number of carbonyl (C=O) groups is 2. The van der Waals surface area contributed by atoms with Gasteiger partial charge in [0.1, 0.15) is 6.42 Å². The maximum atomic E-state index is 11.4. The Morgan fingerprint density at radius 1 is 1.29 bits per heavy atom. The summed E-state index contributed by atoms with van der Waals surface area (Å²) in [5.74, 6) is -1.30. The lowest BCUT2D eigenvalue weighted by molar-refractivity contribution is -0.145. The second-order valence-electron chi connectivity index (χ2n) is 4.62. The summed E-state index contributed by atoms with van der Waals surface area (Å²) in [5.41, 5.74) is 0.292. The molecule has 1 fully saturated rings. The van der Waals surface area contributed by atoms with Gasteiger partial charge in [0.25, 0.3) is 0 Å². The lowest BCUT2D eigenvalue weighted by Crippen LogP contribution is -2.41. The summed E-state index contributed by atoms with van der Waals surface area (Å²) in [4.78, 5) is 23.3. The molecule has 0 aromatic rings. The SMILES string of the molecule is CC1(C)CCN(C(=O)CC(=O)O)CC1. The smallest absolute Gasteiger partial charge is 0.312 e. The maximum absolute atomic E-state index is 11.4. The fraction of sp³-hybridized carbons (Fsp3) is 0.800. The lowest BCUT2D eigenvalue weighted by Gasteiger charge is -2.36. The molecule has 1 amide bonds. The molecule has 1 aliphatic rings. The highest BCUT2D eigenvalue weighted by Crippen LogP contribution is 2.29. The number of nitrogens with zero attached hydrogens (tertiary/aromatic N) is 1. The van der Waals surface area contributed by atoms with Gasteiger partial charge in [-0.05, 0) is 18.3 Å². The summed E-state index contributed by atoms with van der Waals surface area (Å²) in [7, 11) is 0. The molecule has 0 aromatic carbocycles. The molecule has 1 saturated heterocycles. The van der Waals surface area contributed by atoms with Crippen molar-refractivity contribution < 1.29 is 14.7 Å². The molecule has 0 radical (unpaired) electrons. The predicted molar refractivity (Wildman–Crippen MR) is 51.8 cm³/mol. The minimum atomic E-state index is -1.04. The van der Waals surface area contributed by atoms with Crippen LogP contribution < -0.4 is 0 Å². The molecule has 1 aliphatic heterocycles. The topological polar surface area (TPSA) is 57.6 Å². The third kappa shape index (κ3) is 3.01. The Hall–Kier alpha value is -1.06. The first-order valence-electron chi connectivity index (χ1n) is 4.90. The van der Waals surface area contributed by atoms with Crippen LogP contribution in [0.15, 0.2) is 0 Å². The number of carboxylic acids is 1. The minimum Gasteiger partial charge on any atom is -0.481 e. The number of carbonyl (C=O) groups excluding carboxylic acids is 1. The lowest BCUT2D eigenvalue weighted by atomic mass is 9.82. The van der Waals surface area contributed by atoms with E-state index in [4.69, 9.17) is 5.11 Å². The molecule has 4 nitrogen and oxygen atoms in total. The summed E-state index contributed by atoms with van der Waals surface area (Å²) in [6.45, 7) is 5.73. The Balaban J connectivity index is 2.42. The van der Waals surface area contributed by atoms with Crippen LogP contribution in [0.1, 0.15) is 33.1 Å². The Morgan fingerprint density at radius 3 is 2.21 bits per heavy atom. The third-order valence-corrected chi connectivity index (χ3v) is 2.77. The van der Waals surface area contributed by atoms with Crippen LogP contribution >= 0.6 is 0 Å². The highest BCUT2D eigenvalue weighted by Gasteiger charge is 2.28. The predicted octanol–water partition coefficient (Wildman–Crippen LogP) is 1.11. The summed E-state index contributed by atoms with van der Waals surface area (Å²) in [6, 6.07) is 0. The summed E-state index contributed by atoms with van der Waals surface area (Å²) >= 11 is 0. The number of rotatable bonds is 2. The summed E-state index contributed by atoms with van der Waals surface area (Å²) in [5, 5.41) is 8.47. The second kappa shape index (κ2) is 3.98. The monoisotopic (exact) mass is 199 g/mol. The normalized spacial score (nSPS) is 20.6. The van der Waals surface area contributed by atoms with Gasteiger partial charge in [0, 0.05) is 13.1 Å². The van der Waals surface area contributed by atoms with E-state index in [0.717, 1.165) is 12.8 Å². The fourth-order valence-electron chi connectivity index (χ4n) is 1.60. The zero-order valence-electron chi connectivity index (χ0n) is 8.75. The van der Waals surface area contributed by atoms with Crippen molar-refractivity contribution >= 4 is 11.9 Å². The molecule has 1 rings (SSSR count). The number of hydrogen-bond donors (Lipinski definition) is 1. The van der Waals surface area contributed by atoms with Crippen LogP contribution in [-0.2, 0) is 9.59 Å². The zero-order valence-corrected chi connectivity index (χ0v) is 8.75. The first-order valence-corrected chi connectivity index (χ1v) is 4.90. The quantitative estimate of drug-likeness (QED) is 0.678. The van der Waals surface area contributed by atoms with E-state index in [1.165, 1.54) is 0 Å². The summed E-state index contributed by atoms with van der Waals surface area (Å²) in [6.07, 6.45) is 1.54. The van der Waals surface area contributed by atoms with Gasteiger partial charge < -0.3 is 10.0 Å². The van der Waals surface area contributed by atoms with Gasteiger partial charge in [0.05, 0.1) is 0 Å². The molecule has 0 saturated carbocycles. The van der Waals surface area contributed by atoms with Gasteiger partial charge in [0.2, 0.25) is 5.91 Å². The van der Waals surface area contributed by atoms with Crippen molar-refractivity contribution in [3.63, 3.8) is 0 Å². The van der Waals surface area contributed by atoms with Crippen molar-refractivity contribution in [3.05, 3.63) is 0 Å².